The van der Waals surface area contributed by atoms with Gasteiger partial charge in [0.25, 0.3) is 5.97 Å². The van der Waals surface area contributed by atoms with Gasteiger partial charge in [0.1, 0.15) is 0 Å². The molecule has 0 saturated carbocycles. The third-order valence-electron chi connectivity index (χ3n) is 2.99. The van der Waals surface area contributed by atoms with Crippen LogP contribution in [0.25, 0.3) is 0 Å². The number of rotatable bonds is 2. The van der Waals surface area contributed by atoms with E-state index < -0.39 is 5.97 Å². The van der Waals surface area contributed by atoms with Crippen LogP contribution in [-0.4, -0.2) is 31.8 Å². The van der Waals surface area contributed by atoms with Crippen molar-refractivity contribution in [2.45, 2.75) is 32.8 Å². The van der Waals surface area contributed by atoms with E-state index in [1.54, 1.807) is 0 Å². The van der Waals surface area contributed by atoms with E-state index in [1.807, 2.05) is 13.8 Å². The second kappa shape index (κ2) is 3.17. The zero-order chi connectivity index (χ0) is 10.4. The average Bonchev–Trinajstić information content (AvgIpc) is 2.18. The van der Waals surface area contributed by atoms with E-state index in [2.05, 4.69) is 6.92 Å². The highest BCUT2D eigenvalue weighted by Crippen LogP contribution is 2.40. The summed E-state index contributed by atoms with van der Waals surface area (Å²) in [5.41, 5.74) is 6.04. The van der Waals surface area contributed by atoms with Gasteiger partial charge in [-0.1, -0.05) is 20.8 Å². The highest BCUT2D eigenvalue weighted by molar-refractivity contribution is 4.90. The summed E-state index contributed by atoms with van der Waals surface area (Å²) in [6.45, 7) is 8.20. The fourth-order valence-corrected chi connectivity index (χ4v) is 1.77. The van der Waals surface area contributed by atoms with Gasteiger partial charge in [-0.25, -0.2) is 0 Å². The van der Waals surface area contributed by atoms with Gasteiger partial charge in [-0.2, -0.15) is 0 Å². The van der Waals surface area contributed by atoms with Gasteiger partial charge in [0, 0.05) is 5.41 Å². The molecule has 3 rings (SSSR count). The summed E-state index contributed by atoms with van der Waals surface area (Å²) in [5, 5.41) is 0. The maximum absolute atomic E-state index is 6.03. The first-order valence-electron chi connectivity index (χ1n) is 5.15. The molecule has 4 heteroatoms. The molecular formula is C10H19NO3. The molecule has 0 unspecified atom stereocenters. The lowest BCUT2D eigenvalue weighted by atomic mass is 9.90. The smallest absolute Gasteiger partial charge is 0.299 e. The molecule has 82 valence electrons. The predicted octanol–water partition coefficient (Wildman–Crippen LogP) is 0.707. The summed E-state index contributed by atoms with van der Waals surface area (Å²) in [5.74, 6) is -0.705. The molecule has 0 aromatic carbocycles. The lowest BCUT2D eigenvalue weighted by molar-refractivity contribution is -0.474. The third-order valence-corrected chi connectivity index (χ3v) is 2.99. The molecule has 3 fully saturated rings. The minimum absolute atomic E-state index is 0.0124. The predicted molar refractivity (Wildman–Crippen MR) is 51.5 cm³/mol. The van der Waals surface area contributed by atoms with E-state index in [0.717, 1.165) is 0 Å². The Balaban J connectivity index is 2.12. The van der Waals surface area contributed by atoms with E-state index in [0.29, 0.717) is 19.8 Å². The number of hydrogen-bond donors (Lipinski definition) is 1. The Hall–Kier alpha value is -0.160. The summed E-state index contributed by atoms with van der Waals surface area (Å²) in [7, 11) is 0. The van der Waals surface area contributed by atoms with Gasteiger partial charge in [0.05, 0.1) is 25.9 Å². The van der Waals surface area contributed by atoms with Crippen molar-refractivity contribution in [2.24, 2.45) is 17.1 Å². The Kier molecular flexibility index (Phi) is 2.34. The molecule has 2 bridgehead atoms. The van der Waals surface area contributed by atoms with Crippen LogP contribution in [0.1, 0.15) is 20.8 Å². The quantitative estimate of drug-likeness (QED) is 0.714. The van der Waals surface area contributed by atoms with Gasteiger partial charge in [0.15, 0.2) is 0 Å². The molecule has 14 heavy (non-hydrogen) atoms. The largest absolute Gasteiger partial charge is 0.325 e. The number of fused-ring (bicyclic) bond motifs is 3. The van der Waals surface area contributed by atoms with Crippen LogP contribution < -0.4 is 5.73 Å². The SMILES string of the molecule is CC(C)[C@H](N)C12OCC(C)(CO1)CO2. The molecule has 0 amide bonds. The molecular weight excluding hydrogens is 182 g/mol. The third kappa shape index (κ3) is 1.46. The molecule has 1 atom stereocenters. The highest BCUT2D eigenvalue weighted by atomic mass is 16.9. The molecule has 3 aliphatic heterocycles. The van der Waals surface area contributed by atoms with Crippen LogP contribution in [0.15, 0.2) is 0 Å². The van der Waals surface area contributed by atoms with Crippen LogP contribution in [-0.2, 0) is 14.2 Å². The van der Waals surface area contributed by atoms with Gasteiger partial charge >= 0.3 is 0 Å². The van der Waals surface area contributed by atoms with E-state index in [4.69, 9.17) is 19.9 Å². The van der Waals surface area contributed by atoms with Crippen molar-refractivity contribution in [3.8, 4) is 0 Å². The maximum Gasteiger partial charge on any atom is 0.299 e. The summed E-state index contributed by atoms with van der Waals surface area (Å²) >= 11 is 0. The molecule has 3 heterocycles. The second-order valence-corrected chi connectivity index (χ2v) is 5.05. The number of hydrogen-bond acceptors (Lipinski definition) is 4. The molecule has 0 aromatic rings. The van der Waals surface area contributed by atoms with Crippen LogP contribution in [0.4, 0.5) is 0 Å². The molecule has 0 spiro atoms. The summed E-state index contributed by atoms with van der Waals surface area (Å²) < 4.78 is 16.9. The van der Waals surface area contributed by atoms with Crippen molar-refractivity contribution >= 4 is 0 Å². The van der Waals surface area contributed by atoms with Gasteiger partial charge in [-0.15, -0.1) is 0 Å². The van der Waals surface area contributed by atoms with E-state index in [-0.39, 0.29) is 17.4 Å². The number of nitrogens with two attached hydrogens (primary N) is 1. The summed E-state index contributed by atoms with van der Waals surface area (Å²) in [6.07, 6.45) is 0. The fourth-order valence-electron chi connectivity index (χ4n) is 1.77. The van der Waals surface area contributed by atoms with E-state index >= 15 is 0 Å². The van der Waals surface area contributed by atoms with Crippen molar-refractivity contribution in [1.29, 1.82) is 0 Å². The summed E-state index contributed by atoms with van der Waals surface area (Å²) in [4.78, 5) is 0. The van der Waals surface area contributed by atoms with Crippen LogP contribution >= 0.6 is 0 Å². The first-order chi connectivity index (χ1) is 6.48. The van der Waals surface area contributed by atoms with Gasteiger partial charge in [0.2, 0.25) is 0 Å². The Labute approximate surface area is 84.7 Å². The zero-order valence-corrected chi connectivity index (χ0v) is 9.08. The molecule has 3 aliphatic rings. The maximum atomic E-state index is 6.03. The standard InChI is InChI=1S/C10H19NO3/c1-7(2)8(11)10-12-4-9(3,5-13-10)6-14-10/h7-8H,4-6,11H2,1-3H3/t8-,9?,10?/m0/s1. The molecule has 2 N–H and O–H groups in total. The van der Waals surface area contributed by atoms with Crippen molar-refractivity contribution in [3.63, 3.8) is 0 Å². The minimum Gasteiger partial charge on any atom is -0.325 e. The van der Waals surface area contributed by atoms with Gasteiger partial charge in [-0.3, -0.25) is 0 Å². The Morgan fingerprint density at radius 2 is 1.50 bits per heavy atom. The van der Waals surface area contributed by atoms with Gasteiger partial charge in [-0.05, 0) is 5.92 Å². The minimum atomic E-state index is -0.980. The fraction of sp³-hybridized carbons (Fsp3) is 1.00. The molecule has 3 saturated heterocycles. The molecule has 4 nitrogen and oxygen atoms in total. The highest BCUT2D eigenvalue weighted by Gasteiger charge is 2.54. The van der Waals surface area contributed by atoms with Crippen molar-refractivity contribution in [1.82, 2.24) is 0 Å². The lowest BCUT2D eigenvalue weighted by Gasteiger charge is -2.53. The van der Waals surface area contributed by atoms with Crippen molar-refractivity contribution < 1.29 is 14.2 Å². The Bertz CT molecular complexity index is 205. The average molecular weight is 201 g/mol. The van der Waals surface area contributed by atoms with Crippen LogP contribution in [0, 0.1) is 11.3 Å². The van der Waals surface area contributed by atoms with E-state index in [9.17, 15) is 0 Å². The van der Waals surface area contributed by atoms with Crippen LogP contribution in [0.2, 0.25) is 0 Å². The van der Waals surface area contributed by atoms with Crippen molar-refractivity contribution in [3.05, 3.63) is 0 Å². The normalized spacial score (nSPS) is 44.4. The van der Waals surface area contributed by atoms with Crippen LogP contribution in [0.5, 0.6) is 0 Å². The molecule has 0 aromatic heterocycles. The Morgan fingerprint density at radius 1 is 1.07 bits per heavy atom. The van der Waals surface area contributed by atoms with Crippen molar-refractivity contribution in [2.75, 3.05) is 19.8 Å². The lowest BCUT2D eigenvalue weighted by Crippen LogP contribution is -2.67. The van der Waals surface area contributed by atoms with Gasteiger partial charge < -0.3 is 19.9 Å². The van der Waals surface area contributed by atoms with Crippen LogP contribution in [0.3, 0.4) is 0 Å². The first kappa shape index (κ1) is 10.4. The number of ether oxygens (including phenoxy) is 3. The first-order valence-corrected chi connectivity index (χ1v) is 5.15. The Morgan fingerprint density at radius 3 is 1.86 bits per heavy atom. The topological polar surface area (TPSA) is 53.7 Å². The zero-order valence-electron chi connectivity index (χ0n) is 9.08. The summed E-state index contributed by atoms with van der Waals surface area (Å²) in [6, 6.07) is -0.229. The second-order valence-electron chi connectivity index (χ2n) is 5.05. The van der Waals surface area contributed by atoms with E-state index in [1.165, 1.54) is 0 Å². The monoisotopic (exact) mass is 201 g/mol. The molecule has 0 aliphatic carbocycles. The molecule has 0 radical (unpaired) electrons.